The van der Waals surface area contributed by atoms with Gasteiger partial charge >= 0.3 is 0 Å². The van der Waals surface area contributed by atoms with E-state index in [4.69, 9.17) is 4.74 Å². The van der Waals surface area contributed by atoms with E-state index in [0.717, 1.165) is 30.7 Å². The third kappa shape index (κ3) is 3.05. The molecule has 0 aromatic carbocycles. The summed E-state index contributed by atoms with van der Waals surface area (Å²) >= 11 is 1.47. The maximum atomic E-state index is 11.8. The summed E-state index contributed by atoms with van der Waals surface area (Å²) in [5.74, 6) is 0.343. The number of carbonyl (C=O) groups is 1. The molecule has 0 aliphatic carbocycles. The van der Waals surface area contributed by atoms with Gasteiger partial charge in [-0.15, -0.1) is 10.2 Å². The van der Waals surface area contributed by atoms with Gasteiger partial charge in [0.1, 0.15) is 11.1 Å². The van der Waals surface area contributed by atoms with Crippen LogP contribution in [-0.2, 0) is 9.53 Å². The number of nitrogens with zero attached hydrogens (tertiary/aromatic N) is 2. The van der Waals surface area contributed by atoms with Crippen LogP contribution >= 0.6 is 11.3 Å². The van der Waals surface area contributed by atoms with Crippen LogP contribution in [0.5, 0.6) is 0 Å². The Hall–Kier alpha value is -1.01. The number of carbonyl (C=O) groups excluding carboxylic acids is 1. The van der Waals surface area contributed by atoms with Crippen LogP contribution in [0.2, 0.25) is 0 Å². The van der Waals surface area contributed by atoms with Crippen molar-refractivity contribution in [3.8, 4) is 0 Å². The lowest BCUT2D eigenvalue weighted by Crippen LogP contribution is -2.26. The smallest absolute Gasteiger partial charge is 0.255 e. The summed E-state index contributed by atoms with van der Waals surface area (Å²) in [5.41, 5.74) is 0. The minimum Gasteiger partial charge on any atom is -0.368 e. The van der Waals surface area contributed by atoms with Gasteiger partial charge in [-0.3, -0.25) is 10.1 Å². The van der Waals surface area contributed by atoms with Gasteiger partial charge in [0.25, 0.3) is 5.91 Å². The molecule has 18 heavy (non-hydrogen) atoms. The third-order valence-electron chi connectivity index (χ3n) is 3.23. The zero-order valence-electron chi connectivity index (χ0n) is 10.8. The second-order valence-electron chi connectivity index (χ2n) is 4.45. The zero-order valence-corrected chi connectivity index (χ0v) is 11.6. The summed E-state index contributed by atoms with van der Waals surface area (Å²) in [5, 5.41) is 12.5. The van der Waals surface area contributed by atoms with Crippen molar-refractivity contribution in [1.29, 1.82) is 0 Å². The molecular formula is C12H19N3O2S. The number of amides is 1. The Balaban J connectivity index is 1.95. The van der Waals surface area contributed by atoms with Gasteiger partial charge in [-0.25, -0.2) is 0 Å². The van der Waals surface area contributed by atoms with Gasteiger partial charge in [-0.1, -0.05) is 25.2 Å². The van der Waals surface area contributed by atoms with Crippen molar-refractivity contribution in [3.05, 3.63) is 5.01 Å². The fraction of sp³-hybridized carbons (Fsp3) is 0.750. The summed E-state index contributed by atoms with van der Waals surface area (Å²) in [4.78, 5) is 11.8. The molecule has 1 aliphatic heterocycles. The van der Waals surface area contributed by atoms with E-state index in [2.05, 4.69) is 29.4 Å². The quantitative estimate of drug-likeness (QED) is 0.892. The summed E-state index contributed by atoms with van der Waals surface area (Å²) in [7, 11) is 0. The fourth-order valence-corrected chi connectivity index (χ4v) is 3.07. The molecule has 1 aromatic heterocycles. The molecule has 1 N–H and O–H groups in total. The van der Waals surface area contributed by atoms with E-state index in [9.17, 15) is 4.79 Å². The molecule has 1 atom stereocenters. The number of hydrogen-bond donors (Lipinski definition) is 1. The van der Waals surface area contributed by atoms with Crippen LogP contribution < -0.4 is 5.32 Å². The summed E-state index contributed by atoms with van der Waals surface area (Å²) in [6.07, 6.45) is 3.53. The van der Waals surface area contributed by atoms with Gasteiger partial charge < -0.3 is 4.74 Å². The van der Waals surface area contributed by atoms with Gasteiger partial charge in [0.05, 0.1) is 0 Å². The first kappa shape index (κ1) is 13.4. The van der Waals surface area contributed by atoms with Gasteiger partial charge in [-0.2, -0.15) is 0 Å². The van der Waals surface area contributed by atoms with Gasteiger partial charge in [-0.05, 0) is 25.7 Å². The van der Waals surface area contributed by atoms with E-state index in [-0.39, 0.29) is 12.0 Å². The van der Waals surface area contributed by atoms with Crippen molar-refractivity contribution in [1.82, 2.24) is 10.2 Å². The molecule has 1 amide bonds. The molecule has 2 heterocycles. The Labute approximate surface area is 111 Å². The molecule has 5 nitrogen and oxygen atoms in total. The first-order chi connectivity index (χ1) is 8.74. The van der Waals surface area contributed by atoms with Crippen molar-refractivity contribution in [2.75, 3.05) is 11.9 Å². The lowest BCUT2D eigenvalue weighted by Gasteiger charge is -2.07. The highest BCUT2D eigenvalue weighted by atomic mass is 32.1. The van der Waals surface area contributed by atoms with Crippen LogP contribution in [0.3, 0.4) is 0 Å². The van der Waals surface area contributed by atoms with Gasteiger partial charge in [0.2, 0.25) is 5.13 Å². The number of aromatic nitrogens is 2. The molecule has 0 saturated carbocycles. The maximum Gasteiger partial charge on any atom is 0.255 e. The van der Waals surface area contributed by atoms with E-state index in [0.29, 0.717) is 17.7 Å². The van der Waals surface area contributed by atoms with Crippen LogP contribution in [-0.4, -0.2) is 28.8 Å². The largest absolute Gasteiger partial charge is 0.368 e. The van der Waals surface area contributed by atoms with Crippen molar-refractivity contribution >= 4 is 22.4 Å². The Morgan fingerprint density at radius 3 is 2.89 bits per heavy atom. The minimum absolute atomic E-state index is 0.0975. The minimum atomic E-state index is -0.314. The molecule has 2 rings (SSSR count). The number of nitrogens with one attached hydrogen (secondary N) is 1. The van der Waals surface area contributed by atoms with Crippen molar-refractivity contribution < 1.29 is 9.53 Å². The molecule has 0 spiro atoms. The van der Waals surface area contributed by atoms with Gasteiger partial charge in [0.15, 0.2) is 0 Å². The maximum absolute atomic E-state index is 11.8. The molecular weight excluding hydrogens is 250 g/mol. The van der Waals surface area contributed by atoms with Crippen LogP contribution in [0.4, 0.5) is 5.13 Å². The van der Waals surface area contributed by atoms with E-state index in [1.165, 1.54) is 11.3 Å². The highest BCUT2D eigenvalue weighted by Gasteiger charge is 2.24. The lowest BCUT2D eigenvalue weighted by molar-refractivity contribution is -0.124. The Bertz CT molecular complexity index is 398. The average Bonchev–Trinajstić information content (AvgIpc) is 3.01. The highest BCUT2D eigenvalue weighted by molar-refractivity contribution is 7.15. The Morgan fingerprint density at radius 2 is 2.28 bits per heavy atom. The molecule has 1 aromatic rings. The number of hydrogen-bond acceptors (Lipinski definition) is 5. The standard InChI is InChI=1S/C12H19N3O2S/c1-3-8(4-2)11-14-15-12(18-11)13-10(16)9-6-5-7-17-9/h8-9H,3-7H2,1-2H3,(H,13,15,16)/t9-/m1/s1. The molecule has 0 bridgehead atoms. The van der Waals surface area contributed by atoms with E-state index < -0.39 is 0 Å². The van der Waals surface area contributed by atoms with Crippen molar-refractivity contribution in [2.45, 2.75) is 51.6 Å². The first-order valence-corrected chi connectivity index (χ1v) is 7.32. The predicted molar refractivity (Wildman–Crippen MR) is 70.8 cm³/mol. The van der Waals surface area contributed by atoms with Crippen LogP contribution in [0.15, 0.2) is 0 Å². The molecule has 100 valence electrons. The molecule has 1 aliphatic rings. The fourth-order valence-electron chi connectivity index (χ4n) is 2.06. The summed E-state index contributed by atoms with van der Waals surface area (Å²) in [6.45, 7) is 4.95. The second-order valence-corrected chi connectivity index (χ2v) is 5.46. The SMILES string of the molecule is CCC(CC)c1nnc(NC(=O)[C@H]2CCCO2)s1. The molecule has 0 unspecified atom stereocenters. The van der Waals surface area contributed by atoms with Crippen LogP contribution in [0.1, 0.15) is 50.5 Å². The summed E-state index contributed by atoms with van der Waals surface area (Å²) in [6, 6.07) is 0. The topological polar surface area (TPSA) is 64.1 Å². The normalized spacial score (nSPS) is 19.4. The average molecular weight is 269 g/mol. The van der Waals surface area contributed by atoms with Gasteiger partial charge in [0, 0.05) is 12.5 Å². The first-order valence-electron chi connectivity index (χ1n) is 6.50. The van der Waals surface area contributed by atoms with Crippen molar-refractivity contribution in [3.63, 3.8) is 0 Å². The summed E-state index contributed by atoms with van der Waals surface area (Å²) < 4.78 is 5.33. The lowest BCUT2D eigenvalue weighted by atomic mass is 10.1. The number of anilines is 1. The number of rotatable bonds is 5. The Morgan fingerprint density at radius 1 is 1.50 bits per heavy atom. The van der Waals surface area contributed by atoms with E-state index >= 15 is 0 Å². The highest BCUT2D eigenvalue weighted by Crippen LogP contribution is 2.28. The van der Waals surface area contributed by atoms with E-state index in [1.54, 1.807) is 0 Å². The monoisotopic (exact) mass is 269 g/mol. The second kappa shape index (κ2) is 6.24. The molecule has 6 heteroatoms. The van der Waals surface area contributed by atoms with Crippen molar-refractivity contribution in [2.24, 2.45) is 0 Å². The van der Waals surface area contributed by atoms with E-state index in [1.807, 2.05) is 0 Å². The van der Waals surface area contributed by atoms with Crippen LogP contribution in [0.25, 0.3) is 0 Å². The van der Waals surface area contributed by atoms with Crippen LogP contribution in [0, 0.1) is 0 Å². The molecule has 0 radical (unpaired) electrons. The zero-order chi connectivity index (χ0) is 13.0. The number of ether oxygens (including phenoxy) is 1. The predicted octanol–water partition coefficient (Wildman–Crippen LogP) is 2.56. The molecule has 1 fully saturated rings. The third-order valence-corrected chi connectivity index (χ3v) is 4.23. The molecule has 1 saturated heterocycles. The Kier molecular flexibility index (Phi) is 4.66.